The van der Waals surface area contributed by atoms with E-state index in [2.05, 4.69) is 42.7 Å². The summed E-state index contributed by atoms with van der Waals surface area (Å²) in [4.78, 5) is 8.04. The van der Waals surface area contributed by atoms with Gasteiger partial charge >= 0.3 is 0 Å². The number of halogens is 1. The van der Waals surface area contributed by atoms with Crippen LogP contribution in [0, 0.1) is 11.3 Å². The summed E-state index contributed by atoms with van der Waals surface area (Å²) in [6, 6.07) is 9.16. The molecule has 1 heterocycles. The fourth-order valence-electron chi connectivity index (χ4n) is 1.36. The zero-order valence-electron chi connectivity index (χ0n) is 9.18. The Labute approximate surface area is 112 Å². The highest BCUT2D eigenvalue weighted by Crippen LogP contribution is 2.28. The maximum Gasteiger partial charge on any atom is 0.159 e. The lowest BCUT2D eigenvalue weighted by molar-refractivity contribution is 1.12. The third kappa shape index (κ3) is 2.56. The average Bonchev–Trinajstić information content (AvgIpc) is 2.41. The van der Waals surface area contributed by atoms with Crippen LogP contribution in [0.5, 0.6) is 0 Å². The Morgan fingerprint density at radius 3 is 2.78 bits per heavy atom. The smallest absolute Gasteiger partial charge is 0.159 e. The van der Waals surface area contributed by atoms with Gasteiger partial charge in [-0.15, -0.1) is 0 Å². The lowest BCUT2D eigenvalue weighted by Gasteiger charge is -2.09. The minimum absolute atomic E-state index is 0.476. The van der Waals surface area contributed by atoms with Gasteiger partial charge in [0.15, 0.2) is 5.82 Å². The Morgan fingerprint density at radius 1 is 1.28 bits per heavy atom. The molecule has 0 aliphatic carbocycles. The number of aromatic nitrogens is 2. The molecule has 0 radical (unpaired) electrons. The van der Waals surface area contributed by atoms with E-state index in [0.29, 0.717) is 21.7 Å². The van der Waals surface area contributed by atoms with Crippen molar-refractivity contribution in [2.45, 2.75) is 0 Å². The van der Waals surface area contributed by atoms with Crippen LogP contribution in [0.1, 0.15) is 5.56 Å². The van der Waals surface area contributed by atoms with Gasteiger partial charge in [-0.25, -0.2) is 15.8 Å². The van der Waals surface area contributed by atoms with E-state index in [0.717, 1.165) is 5.69 Å². The van der Waals surface area contributed by atoms with E-state index >= 15 is 0 Å². The summed E-state index contributed by atoms with van der Waals surface area (Å²) in [7, 11) is 0. The summed E-state index contributed by atoms with van der Waals surface area (Å²) in [5.41, 5.74) is 3.79. The monoisotopic (exact) mass is 304 g/mol. The molecule has 0 spiro atoms. The highest BCUT2D eigenvalue weighted by atomic mass is 79.9. The Kier molecular flexibility index (Phi) is 3.72. The van der Waals surface area contributed by atoms with Crippen LogP contribution in [0.4, 0.5) is 17.3 Å². The number of nitrogen functional groups attached to an aromatic ring is 1. The van der Waals surface area contributed by atoms with Gasteiger partial charge in [0.2, 0.25) is 0 Å². The highest BCUT2D eigenvalue weighted by molar-refractivity contribution is 9.10. The minimum atomic E-state index is 0.476. The second-order valence-corrected chi connectivity index (χ2v) is 4.14. The van der Waals surface area contributed by atoms with Crippen LogP contribution in [0.2, 0.25) is 0 Å². The number of hydrazine groups is 1. The Hall–Kier alpha value is -2.17. The molecule has 0 atom stereocenters. The molecule has 0 unspecified atom stereocenters. The van der Waals surface area contributed by atoms with Crippen LogP contribution >= 0.6 is 15.9 Å². The van der Waals surface area contributed by atoms with Gasteiger partial charge in [0.25, 0.3) is 0 Å². The predicted octanol–water partition coefficient (Wildman–Crippen LogP) is 2.14. The summed E-state index contributed by atoms with van der Waals surface area (Å²) in [5.74, 6) is 6.36. The lowest BCUT2D eigenvalue weighted by atomic mass is 10.2. The standard InChI is InChI=1S/C11H9BrN6/c12-9-10(15-6-16-11(9)18-14)17-8-3-1-2-7(4-8)5-13/h1-4,6H,14H2,(H2,15,16,17,18). The molecule has 7 heteroatoms. The fraction of sp³-hybridized carbons (Fsp3) is 0. The number of hydrogen-bond acceptors (Lipinski definition) is 6. The maximum absolute atomic E-state index is 8.83. The van der Waals surface area contributed by atoms with E-state index in [1.807, 2.05) is 6.07 Å². The first-order valence-corrected chi connectivity index (χ1v) is 5.78. The van der Waals surface area contributed by atoms with Crippen LogP contribution in [0.3, 0.4) is 0 Å². The number of rotatable bonds is 3. The van der Waals surface area contributed by atoms with Crippen LogP contribution in [-0.2, 0) is 0 Å². The van der Waals surface area contributed by atoms with Gasteiger partial charge < -0.3 is 10.7 Å². The average molecular weight is 305 g/mol. The largest absolute Gasteiger partial charge is 0.339 e. The summed E-state index contributed by atoms with van der Waals surface area (Å²) >= 11 is 3.34. The van der Waals surface area contributed by atoms with E-state index < -0.39 is 0 Å². The summed E-state index contributed by atoms with van der Waals surface area (Å²) in [5, 5.41) is 11.9. The first-order chi connectivity index (χ1) is 8.74. The minimum Gasteiger partial charge on any atom is -0.339 e. The molecule has 1 aromatic heterocycles. The van der Waals surface area contributed by atoms with Crippen molar-refractivity contribution in [1.82, 2.24) is 9.97 Å². The number of hydrogen-bond donors (Lipinski definition) is 3. The van der Waals surface area contributed by atoms with Gasteiger partial charge in [0.1, 0.15) is 16.6 Å². The molecule has 90 valence electrons. The van der Waals surface area contributed by atoms with E-state index in [1.54, 1.807) is 18.2 Å². The van der Waals surface area contributed by atoms with Gasteiger partial charge in [-0.1, -0.05) is 6.07 Å². The number of nitriles is 1. The first-order valence-electron chi connectivity index (χ1n) is 4.99. The van der Waals surface area contributed by atoms with E-state index in [1.165, 1.54) is 6.33 Å². The molecule has 1 aromatic carbocycles. The van der Waals surface area contributed by atoms with Crippen molar-refractivity contribution in [3.63, 3.8) is 0 Å². The molecule has 0 fully saturated rings. The molecule has 0 saturated carbocycles. The van der Waals surface area contributed by atoms with Crippen molar-refractivity contribution in [1.29, 1.82) is 5.26 Å². The number of anilines is 3. The van der Waals surface area contributed by atoms with E-state index in [4.69, 9.17) is 11.1 Å². The molecular formula is C11H9BrN6. The molecule has 0 saturated heterocycles. The van der Waals surface area contributed by atoms with E-state index in [-0.39, 0.29) is 0 Å². The second kappa shape index (κ2) is 5.44. The van der Waals surface area contributed by atoms with Crippen molar-refractivity contribution in [3.05, 3.63) is 40.6 Å². The molecule has 0 aliphatic rings. The number of nitrogens with zero attached hydrogens (tertiary/aromatic N) is 3. The summed E-state index contributed by atoms with van der Waals surface area (Å²) in [6.45, 7) is 0. The molecule has 6 nitrogen and oxygen atoms in total. The molecular weight excluding hydrogens is 296 g/mol. The predicted molar refractivity (Wildman–Crippen MR) is 72.0 cm³/mol. The van der Waals surface area contributed by atoms with Crippen molar-refractivity contribution in [2.75, 3.05) is 10.7 Å². The fourth-order valence-corrected chi connectivity index (χ4v) is 1.78. The third-order valence-corrected chi connectivity index (χ3v) is 2.93. The normalized spacial score (nSPS) is 9.61. The number of nitrogens with two attached hydrogens (primary N) is 1. The van der Waals surface area contributed by atoms with Gasteiger partial charge in [-0.2, -0.15) is 5.26 Å². The summed E-state index contributed by atoms with van der Waals surface area (Å²) in [6.07, 6.45) is 1.39. The van der Waals surface area contributed by atoms with Gasteiger partial charge in [0.05, 0.1) is 11.6 Å². The van der Waals surface area contributed by atoms with E-state index in [9.17, 15) is 0 Å². The van der Waals surface area contributed by atoms with Crippen molar-refractivity contribution >= 4 is 33.3 Å². The molecule has 2 aromatic rings. The van der Waals surface area contributed by atoms with Crippen LogP contribution in [-0.4, -0.2) is 9.97 Å². The molecule has 0 aliphatic heterocycles. The van der Waals surface area contributed by atoms with Gasteiger partial charge in [-0.3, -0.25) is 0 Å². The summed E-state index contributed by atoms with van der Waals surface area (Å²) < 4.78 is 0.620. The third-order valence-electron chi connectivity index (χ3n) is 2.18. The Morgan fingerprint density at radius 2 is 2.06 bits per heavy atom. The molecule has 4 N–H and O–H groups in total. The maximum atomic E-state index is 8.83. The van der Waals surface area contributed by atoms with Gasteiger partial charge in [0, 0.05) is 5.69 Å². The number of benzene rings is 1. The Bertz CT molecular complexity index is 607. The Balaban J connectivity index is 2.31. The quantitative estimate of drug-likeness (QED) is 0.593. The van der Waals surface area contributed by atoms with Crippen molar-refractivity contribution in [3.8, 4) is 6.07 Å². The lowest BCUT2D eigenvalue weighted by Crippen LogP contribution is -2.10. The van der Waals surface area contributed by atoms with Crippen LogP contribution < -0.4 is 16.6 Å². The SMILES string of the molecule is N#Cc1cccc(Nc2ncnc(NN)c2Br)c1. The van der Waals surface area contributed by atoms with Gasteiger partial charge in [-0.05, 0) is 34.1 Å². The molecule has 2 rings (SSSR count). The number of nitrogens with one attached hydrogen (secondary N) is 2. The topological polar surface area (TPSA) is 99.6 Å². The second-order valence-electron chi connectivity index (χ2n) is 3.35. The van der Waals surface area contributed by atoms with Crippen LogP contribution in [0.25, 0.3) is 0 Å². The zero-order valence-corrected chi connectivity index (χ0v) is 10.8. The first kappa shape index (κ1) is 12.3. The van der Waals surface area contributed by atoms with Crippen LogP contribution in [0.15, 0.2) is 35.1 Å². The van der Waals surface area contributed by atoms with Crippen molar-refractivity contribution in [2.24, 2.45) is 5.84 Å². The molecule has 0 amide bonds. The molecule has 18 heavy (non-hydrogen) atoms. The highest BCUT2D eigenvalue weighted by Gasteiger charge is 2.07. The molecule has 0 bridgehead atoms. The zero-order chi connectivity index (χ0) is 13.0. The van der Waals surface area contributed by atoms with Crippen molar-refractivity contribution < 1.29 is 0 Å².